The minimum absolute atomic E-state index is 0.0379. The summed E-state index contributed by atoms with van der Waals surface area (Å²) in [6, 6.07) is 0.868. The van der Waals surface area contributed by atoms with Gasteiger partial charge >= 0.3 is 0 Å². The molecular formula is C6H4ClF2IN2O2S. The summed E-state index contributed by atoms with van der Waals surface area (Å²) >= 11 is 7.18. The van der Waals surface area contributed by atoms with E-state index in [9.17, 15) is 17.2 Å². The Morgan fingerprint density at radius 1 is 1.53 bits per heavy atom. The van der Waals surface area contributed by atoms with E-state index in [2.05, 4.69) is 4.98 Å². The van der Waals surface area contributed by atoms with Gasteiger partial charge in [-0.1, -0.05) is 11.6 Å². The summed E-state index contributed by atoms with van der Waals surface area (Å²) in [6.45, 7) is 0. The van der Waals surface area contributed by atoms with Gasteiger partial charge in [0.2, 0.25) is 10.0 Å². The normalized spacial score (nSPS) is 12.1. The third-order valence-corrected chi connectivity index (χ3v) is 3.81. The summed E-state index contributed by atoms with van der Waals surface area (Å²) in [5.41, 5.74) is -0.883. The number of hydrogen-bond acceptors (Lipinski definition) is 3. The highest BCUT2D eigenvalue weighted by Gasteiger charge is 2.24. The van der Waals surface area contributed by atoms with Crippen LogP contribution < -0.4 is 5.14 Å². The molecule has 0 aliphatic carbocycles. The van der Waals surface area contributed by atoms with Gasteiger partial charge < -0.3 is 0 Å². The summed E-state index contributed by atoms with van der Waals surface area (Å²) in [6.07, 6.45) is -3.02. The average molecular weight is 369 g/mol. The number of hydrogen-bond donors (Lipinski definition) is 1. The lowest BCUT2D eigenvalue weighted by Crippen LogP contribution is -2.16. The van der Waals surface area contributed by atoms with Gasteiger partial charge in [0.05, 0.1) is 5.02 Å². The maximum atomic E-state index is 12.4. The van der Waals surface area contributed by atoms with Gasteiger partial charge in [0.15, 0.2) is 0 Å². The fourth-order valence-corrected chi connectivity index (χ4v) is 2.19. The van der Waals surface area contributed by atoms with Crippen molar-refractivity contribution in [1.29, 1.82) is 0 Å². The molecule has 9 heteroatoms. The molecular weight excluding hydrogens is 364 g/mol. The number of nitrogens with zero attached hydrogens (tertiary/aromatic N) is 1. The van der Waals surface area contributed by atoms with E-state index in [4.69, 9.17) is 16.7 Å². The number of primary sulfonamides is 1. The largest absolute Gasteiger partial charge is 0.281 e. The van der Waals surface area contributed by atoms with Crippen LogP contribution in [-0.2, 0) is 10.0 Å². The van der Waals surface area contributed by atoms with Crippen LogP contribution in [0.5, 0.6) is 0 Å². The van der Waals surface area contributed by atoms with Gasteiger partial charge in [0, 0.05) is 0 Å². The Morgan fingerprint density at radius 3 is 2.47 bits per heavy atom. The van der Waals surface area contributed by atoms with Crippen molar-refractivity contribution in [3.63, 3.8) is 0 Å². The van der Waals surface area contributed by atoms with Gasteiger partial charge in [-0.25, -0.2) is 27.3 Å². The third kappa shape index (κ3) is 2.95. The molecule has 0 radical (unpaired) electrons. The van der Waals surface area contributed by atoms with Gasteiger partial charge in [-0.15, -0.1) is 0 Å². The van der Waals surface area contributed by atoms with E-state index < -0.39 is 27.0 Å². The lowest BCUT2D eigenvalue weighted by molar-refractivity contribution is 0.142. The topological polar surface area (TPSA) is 73.1 Å². The van der Waals surface area contributed by atoms with Gasteiger partial charge in [-0.05, 0) is 28.7 Å². The molecule has 2 N–H and O–H groups in total. The standard InChI is InChI=1S/C6H4ClF2IN2O2S/c7-2-1-3(15(11,13)14)4(5(8)9)12-6(2)10/h1,5H,(H2,11,13,14). The fourth-order valence-electron chi connectivity index (χ4n) is 0.847. The molecule has 1 heterocycles. The zero-order valence-corrected chi connectivity index (χ0v) is 10.6. The van der Waals surface area contributed by atoms with Crippen LogP contribution in [0.25, 0.3) is 0 Å². The van der Waals surface area contributed by atoms with Crippen molar-refractivity contribution in [3.05, 3.63) is 20.5 Å². The van der Waals surface area contributed by atoms with Crippen LogP contribution in [0.4, 0.5) is 8.78 Å². The number of halogens is 4. The van der Waals surface area contributed by atoms with Crippen LogP contribution in [0.2, 0.25) is 5.02 Å². The van der Waals surface area contributed by atoms with Gasteiger partial charge in [-0.2, -0.15) is 0 Å². The Bertz CT molecular complexity index is 494. The molecule has 1 rings (SSSR count). The quantitative estimate of drug-likeness (QED) is 0.640. The van der Waals surface area contributed by atoms with Crippen molar-refractivity contribution in [2.24, 2.45) is 5.14 Å². The predicted molar refractivity (Wildman–Crippen MR) is 58.3 cm³/mol. The van der Waals surface area contributed by atoms with Crippen LogP contribution in [0.1, 0.15) is 12.1 Å². The lowest BCUT2D eigenvalue weighted by atomic mass is 10.3. The minimum atomic E-state index is -4.25. The minimum Gasteiger partial charge on any atom is -0.238 e. The van der Waals surface area contributed by atoms with Crippen molar-refractivity contribution < 1.29 is 17.2 Å². The van der Waals surface area contributed by atoms with Crippen molar-refractivity contribution in [3.8, 4) is 0 Å². The Kier molecular flexibility index (Phi) is 3.85. The Hall–Kier alpha value is -0.0600. The monoisotopic (exact) mass is 368 g/mol. The first-order valence-electron chi connectivity index (χ1n) is 3.40. The summed E-state index contributed by atoms with van der Waals surface area (Å²) < 4.78 is 46.9. The van der Waals surface area contributed by atoms with Gasteiger partial charge in [0.25, 0.3) is 6.43 Å². The SMILES string of the molecule is NS(=O)(=O)c1cc(Cl)c(I)nc1C(F)F. The van der Waals surface area contributed by atoms with Crippen molar-refractivity contribution >= 4 is 44.2 Å². The number of alkyl halides is 2. The van der Waals surface area contributed by atoms with Crippen molar-refractivity contribution in [2.75, 3.05) is 0 Å². The summed E-state index contributed by atoms with van der Waals surface area (Å²) in [5, 5.41) is 4.71. The van der Waals surface area contributed by atoms with Crippen LogP contribution in [0.15, 0.2) is 11.0 Å². The van der Waals surface area contributed by atoms with E-state index in [1.807, 2.05) is 0 Å². The first-order chi connectivity index (χ1) is 6.73. The molecule has 15 heavy (non-hydrogen) atoms. The number of aromatic nitrogens is 1. The molecule has 1 aromatic rings. The summed E-state index contributed by atoms with van der Waals surface area (Å²) in [7, 11) is -4.25. The average Bonchev–Trinajstić information content (AvgIpc) is 2.06. The molecule has 0 saturated heterocycles. The van der Waals surface area contributed by atoms with E-state index in [0.717, 1.165) is 6.07 Å². The predicted octanol–water partition coefficient (Wildman–Crippen LogP) is 1.92. The highest BCUT2D eigenvalue weighted by Crippen LogP contribution is 2.28. The number of sulfonamides is 1. The van der Waals surface area contributed by atoms with E-state index >= 15 is 0 Å². The molecule has 0 fully saturated rings. The highest BCUT2D eigenvalue weighted by molar-refractivity contribution is 14.1. The number of pyridine rings is 1. The van der Waals surface area contributed by atoms with Gasteiger partial charge in [0.1, 0.15) is 14.3 Å². The molecule has 0 saturated carbocycles. The van der Waals surface area contributed by atoms with Crippen molar-refractivity contribution in [2.45, 2.75) is 11.3 Å². The first-order valence-corrected chi connectivity index (χ1v) is 6.40. The van der Waals surface area contributed by atoms with Crippen LogP contribution >= 0.6 is 34.2 Å². The molecule has 1 aromatic heterocycles. The number of nitrogens with two attached hydrogens (primary N) is 1. The fraction of sp³-hybridized carbons (Fsp3) is 0.167. The molecule has 0 atom stereocenters. The van der Waals surface area contributed by atoms with E-state index in [-0.39, 0.29) is 8.72 Å². The third-order valence-electron chi connectivity index (χ3n) is 1.44. The lowest BCUT2D eigenvalue weighted by Gasteiger charge is -2.07. The molecule has 0 spiro atoms. The first kappa shape index (κ1) is 13.0. The Balaban J connectivity index is 3.56. The molecule has 0 aromatic carbocycles. The number of rotatable bonds is 2. The molecule has 0 aliphatic heterocycles. The highest BCUT2D eigenvalue weighted by atomic mass is 127. The second-order valence-corrected chi connectivity index (χ2v) is 5.45. The molecule has 4 nitrogen and oxygen atoms in total. The molecule has 0 aliphatic rings. The second kappa shape index (κ2) is 4.44. The smallest absolute Gasteiger partial charge is 0.238 e. The summed E-state index contributed by atoms with van der Waals surface area (Å²) in [5.74, 6) is 0. The van der Waals surface area contributed by atoms with Crippen LogP contribution in [0.3, 0.4) is 0 Å². The zero-order valence-electron chi connectivity index (χ0n) is 6.92. The maximum absolute atomic E-state index is 12.4. The van der Waals surface area contributed by atoms with Crippen molar-refractivity contribution in [1.82, 2.24) is 4.98 Å². The maximum Gasteiger partial charge on any atom is 0.281 e. The van der Waals surface area contributed by atoms with E-state index in [1.54, 1.807) is 22.6 Å². The Morgan fingerprint density at radius 2 is 2.07 bits per heavy atom. The Labute approximate surface area is 103 Å². The van der Waals surface area contributed by atoms with E-state index in [0.29, 0.717) is 0 Å². The van der Waals surface area contributed by atoms with Crippen LogP contribution in [-0.4, -0.2) is 13.4 Å². The molecule has 0 unspecified atom stereocenters. The van der Waals surface area contributed by atoms with Gasteiger partial charge in [-0.3, -0.25) is 0 Å². The second-order valence-electron chi connectivity index (χ2n) is 2.49. The summed E-state index contributed by atoms with van der Waals surface area (Å²) in [4.78, 5) is 2.64. The molecule has 0 amide bonds. The van der Waals surface area contributed by atoms with Crippen LogP contribution in [0, 0.1) is 3.70 Å². The molecule has 84 valence electrons. The van der Waals surface area contributed by atoms with E-state index in [1.165, 1.54) is 0 Å². The molecule has 0 bridgehead atoms. The zero-order chi connectivity index (χ0) is 11.8.